The summed E-state index contributed by atoms with van der Waals surface area (Å²) >= 11 is 5.74. The highest BCUT2D eigenvalue weighted by molar-refractivity contribution is 6.30. The number of hydrogen-bond acceptors (Lipinski definition) is 3. The van der Waals surface area contributed by atoms with Gasteiger partial charge in [-0.15, -0.1) is 0 Å². The van der Waals surface area contributed by atoms with Gasteiger partial charge in [0.2, 0.25) is 0 Å². The molecule has 0 aliphatic rings. The maximum absolute atomic E-state index is 12.1. The quantitative estimate of drug-likeness (QED) is 0.804. The minimum Gasteiger partial charge on any atom is -0.448 e. The fraction of sp³-hybridized carbons (Fsp3) is 0.250. The third-order valence-electron chi connectivity index (χ3n) is 3.09. The second kappa shape index (κ2) is 7.66. The molecule has 1 atom stereocenters. The molecule has 0 saturated carbocycles. The van der Waals surface area contributed by atoms with Gasteiger partial charge in [0, 0.05) is 12.7 Å². The van der Waals surface area contributed by atoms with Gasteiger partial charge in [-0.25, -0.2) is 4.79 Å². The lowest BCUT2D eigenvalue weighted by molar-refractivity contribution is -0.130. The first-order valence-corrected chi connectivity index (χ1v) is 7.34. The Balaban J connectivity index is 1.90. The van der Waals surface area contributed by atoms with Crippen molar-refractivity contribution in [3.05, 3.63) is 58.9 Å². The van der Waals surface area contributed by atoms with Crippen molar-refractivity contribution in [2.75, 3.05) is 0 Å². The summed E-state index contributed by atoms with van der Waals surface area (Å²) in [5.74, 6) is -0.925. The van der Waals surface area contributed by atoms with Crippen molar-refractivity contribution in [3.8, 4) is 0 Å². The van der Waals surface area contributed by atoms with E-state index in [2.05, 4.69) is 10.3 Å². The van der Waals surface area contributed by atoms with E-state index in [-0.39, 0.29) is 11.6 Å². The van der Waals surface area contributed by atoms with Crippen LogP contribution in [-0.2, 0) is 16.1 Å². The van der Waals surface area contributed by atoms with E-state index < -0.39 is 12.1 Å². The molecule has 0 fully saturated rings. The van der Waals surface area contributed by atoms with Crippen LogP contribution in [0.4, 0.5) is 0 Å². The molecule has 1 unspecified atom stereocenters. The molecule has 1 heterocycles. The van der Waals surface area contributed by atoms with Crippen molar-refractivity contribution in [2.45, 2.75) is 26.0 Å². The van der Waals surface area contributed by atoms with Crippen LogP contribution < -0.4 is 5.32 Å². The first-order valence-electron chi connectivity index (χ1n) is 6.96. The smallest absolute Gasteiger partial charge is 0.355 e. The zero-order valence-electron chi connectivity index (χ0n) is 12.1. The van der Waals surface area contributed by atoms with Crippen molar-refractivity contribution in [3.63, 3.8) is 0 Å². The van der Waals surface area contributed by atoms with Crippen LogP contribution in [0.3, 0.4) is 0 Å². The molecule has 2 aromatic rings. The Bertz CT molecular complexity index is 640. The number of nitrogens with one attached hydrogen (secondary N) is 2. The SMILES string of the molecule is CCC(OC(=O)c1cc(Cl)c[nH]1)C(=O)NCc1ccccc1. The summed E-state index contributed by atoms with van der Waals surface area (Å²) < 4.78 is 5.21. The zero-order valence-corrected chi connectivity index (χ0v) is 12.9. The fourth-order valence-electron chi connectivity index (χ4n) is 1.90. The standard InChI is InChI=1S/C16H17ClN2O3/c1-2-14(22-16(21)13-8-12(17)10-18-13)15(20)19-9-11-6-4-3-5-7-11/h3-8,10,14,18H,2,9H2,1H3,(H,19,20). The second-order valence-corrected chi connectivity index (χ2v) is 5.17. The number of hydrogen-bond donors (Lipinski definition) is 2. The van der Waals surface area contributed by atoms with E-state index in [4.69, 9.17) is 16.3 Å². The summed E-state index contributed by atoms with van der Waals surface area (Å²) in [5, 5.41) is 3.17. The van der Waals surface area contributed by atoms with Crippen LogP contribution in [0, 0.1) is 0 Å². The molecule has 0 radical (unpaired) electrons. The highest BCUT2D eigenvalue weighted by Gasteiger charge is 2.22. The molecule has 1 aromatic heterocycles. The van der Waals surface area contributed by atoms with Crippen molar-refractivity contribution in [1.29, 1.82) is 0 Å². The van der Waals surface area contributed by atoms with Crippen LogP contribution in [0.1, 0.15) is 29.4 Å². The van der Waals surface area contributed by atoms with Gasteiger partial charge in [0.05, 0.1) is 5.02 Å². The van der Waals surface area contributed by atoms with Crippen molar-refractivity contribution < 1.29 is 14.3 Å². The van der Waals surface area contributed by atoms with E-state index in [1.807, 2.05) is 30.3 Å². The van der Waals surface area contributed by atoms with Gasteiger partial charge in [-0.05, 0) is 18.1 Å². The van der Waals surface area contributed by atoms with E-state index in [1.165, 1.54) is 12.3 Å². The molecule has 0 spiro atoms. The third kappa shape index (κ3) is 4.36. The first-order chi connectivity index (χ1) is 10.6. The topological polar surface area (TPSA) is 71.2 Å². The summed E-state index contributed by atoms with van der Waals surface area (Å²) in [7, 11) is 0. The number of esters is 1. The average molecular weight is 321 g/mol. The van der Waals surface area contributed by atoms with Gasteiger partial charge in [-0.3, -0.25) is 4.79 Å². The maximum Gasteiger partial charge on any atom is 0.355 e. The minimum absolute atomic E-state index is 0.222. The van der Waals surface area contributed by atoms with Crippen LogP contribution >= 0.6 is 11.6 Å². The Morgan fingerprint density at radius 3 is 2.64 bits per heavy atom. The molecule has 5 nitrogen and oxygen atoms in total. The number of aromatic nitrogens is 1. The van der Waals surface area contributed by atoms with E-state index in [0.29, 0.717) is 18.0 Å². The van der Waals surface area contributed by atoms with Gasteiger partial charge >= 0.3 is 5.97 Å². The Labute approximate surface area is 133 Å². The number of H-pyrrole nitrogens is 1. The second-order valence-electron chi connectivity index (χ2n) is 4.74. The lowest BCUT2D eigenvalue weighted by Crippen LogP contribution is -2.37. The summed E-state index contributed by atoms with van der Waals surface area (Å²) in [6.07, 6.45) is 1.04. The van der Waals surface area contributed by atoms with E-state index in [9.17, 15) is 9.59 Å². The molecule has 0 aliphatic heterocycles. The molecule has 2 N–H and O–H groups in total. The number of carbonyl (C=O) groups is 2. The molecular weight excluding hydrogens is 304 g/mol. The lowest BCUT2D eigenvalue weighted by Gasteiger charge is -2.15. The van der Waals surface area contributed by atoms with E-state index in [1.54, 1.807) is 6.92 Å². The molecule has 1 amide bonds. The summed E-state index contributed by atoms with van der Waals surface area (Å²) in [5.41, 5.74) is 1.20. The Kier molecular flexibility index (Phi) is 5.61. The van der Waals surface area contributed by atoms with Gasteiger partial charge in [0.1, 0.15) is 5.69 Å². The fourth-order valence-corrected chi connectivity index (χ4v) is 2.06. The number of aromatic amines is 1. The van der Waals surface area contributed by atoms with Crippen LogP contribution in [0.5, 0.6) is 0 Å². The zero-order chi connectivity index (χ0) is 15.9. The minimum atomic E-state index is -0.835. The lowest BCUT2D eigenvalue weighted by atomic mass is 10.2. The molecule has 1 aromatic carbocycles. The van der Waals surface area contributed by atoms with E-state index in [0.717, 1.165) is 5.56 Å². The van der Waals surface area contributed by atoms with Crippen molar-refractivity contribution >= 4 is 23.5 Å². The van der Waals surface area contributed by atoms with Gasteiger partial charge < -0.3 is 15.0 Å². The molecule has 2 rings (SSSR count). The molecular formula is C16H17ClN2O3. The van der Waals surface area contributed by atoms with Crippen LogP contribution in [0.25, 0.3) is 0 Å². The molecule has 116 valence electrons. The number of amides is 1. The molecule has 0 aliphatic carbocycles. The summed E-state index contributed by atoms with van der Waals surface area (Å²) in [6, 6.07) is 11.0. The number of ether oxygens (including phenoxy) is 1. The van der Waals surface area contributed by atoms with Crippen LogP contribution in [0.15, 0.2) is 42.6 Å². The highest BCUT2D eigenvalue weighted by Crippen LogP contribution is 2.12. The Hall–Kier alpha value is -2.27. The Morgan fingerprint density at radius 1 is 1.32 bits per heavy atom. The van der Waals surface area contributed by atoms with Crippen LogP contribution in [0.2, 0.25) is 5.02 Å². The van der Waals surface area contributed by atoms with Gasteiger partial charge in [-0.1, -0.05) is 48.9 Å². The van der Waals surface area contributed by atoms with Crippen molar-refractivity contribution in [1.82, 2.24) is 10.3 Å². The van der Waals surface area contributed by atoms with Crippen molar-refractivity contribution in [2.24, 2.45) is 0 Å². The summed E-state index contributed by atoms with van der Waals surface area (Å²) in [4.78, 5) is 26.7. The average Bonchev–Trinajstić information content (AvgIpc) is 2.97. The monoisotopic (exact) mass is 320 g/mol. The van der Waals surface area contributed by atoms with Crippen LogP contribution in [-0.4, -0.2) is 23.0 Å². The van der Waals surface area contributed by atoms with Gasteiger partial charge in [0.15, 0.2) is 6.10 Å². The number of rotatable bonds is 6. The predicted octanol–water partition coefficient (Wildman–Crippen LogP) is 2.92. The maximum atomic E-state index is 12.1. The van der Waals surface area contributed by atoms with E-state index >= 15 is 0 Å². The molecule has 0 bridgehead atoms. The largest absolute Gasteiger partial charge is 0.448 e. The predicted molar refractivity (Wildman–Crippen MR) is 83.6 cm³/mol. The Morgan fingerprint density at radius 2 is 2.05 bits per heavy atom. The normalized spacial score (nSPS) is 11.7. The summed E-state index contributed by atoms with van der Waals surface area (Å²) in [6.45, 7) is 2.17. The number of benzene rings is 1. The molecule has 0 saturated heterocycles. The third-order valence-corrected chi connectivity index (χ3v) is 3.31. The number of carbonyl (C=O) groups excluding carboxylic acids is 2. The first kappa shape index (κ1) is 16.1. The molecule has 6 heteroatoms. The number of halogens is 1. The highest BCUT2D eigenvalue weighted by atomic mass is 35.5. The van der Waals surface area contributed by atoms with Gasteiger partial charge in [0.25, 0.3) is 5.91 Å². The molecule has 22 heavy (non-hydrogen) atoms. The van der Waals surface area contributed by atoms with Gasteiger partial charge in [-0.2, -0.15) is 0 Å².